The van der Waals surface area contributed by atoms with E-state index in [1.54, 1.807) is 11.3 Å². The number of hydrogen-bond acceptors (Lipinski definition) is 2. The zero-order valence-corrected chi connectivity index (χ0v) is 17.1. The number of carbonyl (C=O) groups is 1. The molecular weight excluding hydrogens is 364 g/mol. The fourth-order valence-corrected chi connectivity index (χ4v) is 4.33. The summed E-state index contributed by atoms with van der Waals surface area (Å²) in [6, 6.07) is 22.4. The largest absolute Gasteiger partial charge is 0.319 e. The average molecular weight is 387 g/mol. The summed E-state index contributed by atoms with van der Waals surface area (Å²) in [5.74, 6) is -0.207. The van der Waals surface area contributed by atoms with Crippen molar-refractivity contribution in [3.05, 3.63) is 99.3 Å². The van der Waals surface area contributed by atoms with Crippen LogP contribution in [0.3, 0.4) is 0 Å². The molecule has 1 heterocycles. The van der Waals surface area contributed by atoms with Crippen molar-refractivity contribution in [1.29, 1.82) is 0 Å². The van der Waals surface area contributed by atoms with Gasteiger partial charge >= 0.3 is 0 Å². The molecule has 0 bridgehead atoms. The number of thiazole rings is 1. The molecule has 0 atom stereocenters. The van der Waals surface area contributed by atoms with Crippen molar-refractivity contribution in [2.45, 2.75) is 20.3 Å². The van der Waals surface area contributed by atoms with Crippen LogP contribution in [-0.4, -0.2) is 10.5 Å². The Bertz CT molecular complexity index is 1220. The van der Waals surface area contributed by atoms with Gasteiger partial charge in [-0.05, 0) is 66.8 Å². The lowest BCUT2D eigenvalue weighted by Crippen LogP contribution is -2.13. The van der Waals surface area contributed by atoms with Crippen LogP contribution >= 0.6 is 11.3 Å². The van der Waals surface area contributed by atoms with Crippen molar-refractivity contribution in [1.82, 2.24) is 4.57 Å². The average Bonchev–Trinajstić information content (AvgIpc) is 2.98. The quantitative estimate of drug-likeness (QED) is 0.477. The van der Waals surface area contributed by atoms with Crippen LogP contribution in [-0.2, 0) is 13.5 Å². The van der Waals surface area contributed by atoms with E-state index in [0.717, 1.165) is 21.4 Å². The summed E-state index contributed by atoms with van der Waals surface area (Å²) in [6.45, 7) is 4.21. The Hall–Kier alpha value is -2.98. The normalized spacial score (nSPS) is 11.9. The minimum atomic E-state index is -0.207. The molecule has 0 aliphatic carbocycles. The Balaban J connectivity index is 1.61. The highest BCUT2D eigenvalue weighted by Crippen LogP contribution is 2.21. The van der Waals surface area contributed by atoms with Gasteiger partial charge in [-0.3, -0.25) is 4.79 Å². The molecular formula is C24H22N2OS. The highest BCUT2D eigenvalue weighted by atomic mass is 32.1. The maximum Gasteiger partial charge on any atom is 0.279 e. The van der Waals surface area contributed by atoms with E-state index in [0.29, 0.717) is 5.56 Å². The third-order valence-corrected chi connectivity index (χ3v) is 6.17. The van der Waals surface area contributed by atoms with Crippen molar-refractivity contribution in [3.8, 4) is 0 Å². The van der Waals surface area contributed by atoms with E-state index in [1.807, 2.05) is 54.1 Å². The van der Waals surface area contributed by atoms with Crippen molar-refractivity contribution in [3.63, 3.8) is 0 Å². The van der Waals surface area contributed by atoms with Crippen LogP contribution in [0, 0.1) is 13.8 Å². The molecule has 140 valence electrons. The molecule has 4 aromatic rings. The first-order valence-corrected chi connectivity index (χ1v) is 10.1. The number of aromatic nitrogens is 1. The molecule has 3 nitrogen and oxygen atoms in total. The minimum absolute atomic E-state index is 0.207. The first kappa shape index (κ1) is 18.4. The Kier molecular flexibility index (Phi) is 4.97. The Morgan fingerprint density at radius 1 is 0.929 bits per heavy atom. The molecule has 1 amide bonds. The molecule has 0 aliphatic rings. The predicted octanol–water partition coefficient (Wildman–Crippen LogP) is 5.19. The predicted molar refractivity (Wildman–Crippen MR) is 116 cm³/mol. The van der Waals surface area contributed by atoms with Crippen LogP contribution in [0.2, 0.25) is 0 Å². The van der Waals surface area contributed by atoms with Gasteiger partial charge in [0.1, 0.15) is 0 Å². The molecule has 0 fully saturated rings. The molecule has 0 aliphatic heterocycles. The van der Waals surface area contributed by atoms with Crippen LogP contribution < -0.4 is 4.80 Å². The lowest BCUT2D eigenvalue weighted by Gasteiger charge is -2.03. The molecule has 0 N–H and O–H groups in total. The molecule has 0 saturated heterocycles. The van der Waals surface area contributed by atoms with Crippen LogP contribution in [0.25, 0.3) is 10.2 Å². The van der Waals surface area contributed by atoms with Crippen LogP contribution in [0.5, 0.6) is 0 Å². The van der Waals surface area contributed by atoms with E-state index in [-0.39, 0.29) is 5.91 Å². The van der Waals surface area contributed by atoms with E-state index < -0.39 is 0 Å². The van der Waals surface area contributed by atoms with Crippen molar-refractivity contribution < 1.29 is 4.79 Å². The van der Waals surface area contributed by atoms with Gasteiger partial charge in [0.15, 0.2) is 4.80 Å². The van der Waals surface area contributed by atoms with Gasteiger partial charge in [-0.1, -0.05) is 53.8 Å². The molecule has 0 saturated carbocycles. The number of carbonyl (C=O) groups excluding carboxylic acids is 1. The lowest BCUT2D eigenvalue weighted by molar-refractivity contribution is 0.0998. The third-order valence-electron chi connectivity index (χ3n) is 5.07. The Morgan fingerprint density at radius 2 is 1.57 bits per heavy atom. The van der Waals surface area contributed by atoms with Gasteiger partial charge in [0.2, 0.25) is 0 Å². The maximum absolute atomic E-state index is 12.7. The number of amides is 1. The standard InChI is InChI=1S/C24H22N2OS/c1-16-13-21-22(14-17(16)2)28-24(26(21)3)25-23(27)20-11-9-19(10-12-20)15-18-7-5-4-6-8-18/h4-14H,15H2,1-3H3. The first-order valence-electron chi connectivity index (χ1n) is 9.30. The minimum Gasteiger partial charge on any atom is -0.319 e. The van der Waals surface area contributed by atoms with Gasteiger partial charge in [-0.15, -0.1) is 0 Å². The van der Waals surface area contributed by atoms with Gasteiger partial charge in [0.25, 0.3) is 5.91 Å². The summed E-state index contributed by atoms with van der Waals surface area (Å²) in [5, 5.41) is 0. The molecule has 1 aromatic heterocycles. The molecule has 0 radical (unpaired) electrons. The summed E-state index contributed by atoms with van der Waals surface area (Å²) in [5.41, 5.74) is 6.66. The smallest absolute Gasteiger partial charge is 0.279 e. The summed E-state index contributed by atoms with van der Waals surface area (Å²) < 4.78 is 3.14. The number of hydrogen-bond donors (Lipinski definition) is 0. The molecule has 3 aromatic carbocycles. The highest BCUT2D eigenvalue weighted by molar-refractivity contribution is 7.16. The second-order valence-corrected chi connectivity index (χ2v) is 8.13. The van der Waals surface area contributed by atoms with Gasteiger partial charge in [0, 0.05) is 12.6 Å². The zero-order valence-electron chi connectivity index (χ0n) is 16.3. The van der Waals surface area contributed by atoms with Crippen molar-refractivity contribution in [2.24, 2.45) is 12.0 Å². The van der Waals surface area contributed by atoms with E-state index in [4.69, 9.17) is 0 Å². The molecule has 4 rings (SSSR count). The van der Waals surface area contributed by atoms with Crippen molar-refractivity contribution >= 4 is 27.5 Å². The summed E-state index contributed by atoms with van der Waals surface area (Å²) >= 11 is 1.55. The van der Waals surface area contributed by atoms with E-state index >= 15 is 0 Å². The molecule has 4 heteroatoms. The molecule has 28 heavy (non-hydrogen) atoms. The fourth-order valence-electron chi connectivity index (χ4n) is 3.23. The van der Waals surface area contributed by atoms with E-state index in [2.05, 4.69) is 43.1 Å². The highest BCUT2D eigenvalue weighted by Gasteiger charge is 2.09. The van der Waals surface area contributed by atoms with E-state index in [9.17, 15) is 4.79 Å². The fraction of sp³-hybridized carbons (Fsp3) is 0.167. The summed E-state index contributed by atoms with van der Waals surface area (Å²) in [7, 11) is 1.96. The third kappa shape index (κ3) is 3.69. The van der Waals surface area contributed by atoms with Gasteiger partial charge < -0.3 is 4.57 Å². The van der Waals surface area contributed by atoms with Crippen LogP contribution in [0.4, 0.5) is 0 Å². The van der Waals surface area contributed by atoms with Crippen LogP contribution in [0.15, 0.2) is 71.7 Å². The first-order chi connectivity index (χ1) is 13.5. The zero-order chi connectivity index (χ0) is 19.7. The van der Waals surface area contributed by atoms with Crippen LogP contribution in [0.1, 0.15) is 32.6 Å². The summed E-state index contributed by atoms with van der Waals surface area (Å²) in [4.78, 5) is 17.8. The van der Waals surface area contributed by atoms with Gasteiger partial charge in [-0.2, -0.15) is 4.99 Å². The molecule has 0 unspecified atom stereocenters. The molecule has 0 spiro atoms. The Morgan fingerprint density at radius 3 is 2.29 bits per heavy atom. The number of nitrogens with zero attached hydrogens (tertiary/aromatic N) is 2. The second kappa shape index (κ2) is 7.56. The number of rotatable bonds is 3. The number of fused-ring (bicyclic) bond motifs is 1. The summed E-state index contributed by atoms with van der Waals surface area (Å²) in [6.07, 6.45) is 0.858. The monoisotopic (exact) mass is 386 g/mol. The van der Waals surface area contributed by atoms with Gasteiger partial charge in [0.05, 0.1) is 10.2 Å². The maximum atomic E-state index is 12.7. The SMILES string of the molecule is Cc1cc2sc(=NC(=O)c3ccc(Cc4ccccc4)cc3)n(C)c2cc1C. The Labute approximate surface area is 168 Å². The lowest BCUT2D eigenvalue weighted by atomic mass is 10.0. The van der Waals surface area contributed by atoms with E-state index in [1.165, 1.54) is 22.3 Å². The topological polar surface area (TPSA) is 34.4 Å². The number of aryl methyl sites for hydroxylation is 3. The van der Waals surface area contributed by atoms with Gasteiger partial charge in [-0.25, -0.2) is 0 Å². The number of benzene rings is 3. The van der Waals surface area contributed by atoms with Crippen molar-refractivity contribution in [2.75, 3.05) is 0 Å². The second-order valence-electron chi connectivity index (χ2n) is 7.12.